The Morgan fingerprint density at radius 1 is 1.19 bits per heavy atom. The van der Waals surface area contributed by atoms with Gasteiger partial charge in [0.05, 0.1) is 36.2 Å². The van der Waals surface area contributed by atoms with Gasteiger partial charge in [-0.05, 0) is 74.4 Å². The first-order valence-electron chi connectivity index (χ1n) is 13.0. The number of hydrogen-bond acceptors (Lipinski definition) is 5. The second kappa shape index (κ2) is 9.18. The van der Waals surface area contributed by atoms with Gasteiger partial charge in [0.15, 0.2) is 11.5 Å². The number of nitrogens with zero attached hydrogens (tertiary/aromatic N) is 2. The third-order valence-electron chi connectivity index (χ3n) is 9.26. The minimum atomic E-state index is -0.184. The van der Waals surface area contributed by atoms with Crippen molar-refractivity contribution in [3.63, 3.8) is 0 Å². The van der Waals surface area contributed by atoms with Crippen molar-refractivity contribution in [3.8, 4) is 11.5 Å². The highest BCUT2D eigenvalue weighted by atomic mass is 35.5. The molecule has 0 unspecified atom stereocenters. The van der Waals surface area contributed by atoms with Crippen LogP contribution < -0.4 is 9.47 Å². The van der Waals surface area contributed by atoms with E-state index in [9.17, 15) is 9.59 Å². The molecule has 5 atom stereocenters. The lowest BCUT2D eigenvalue weighted by Gasteiger charge is -2.60. The lowest BCUT2D eigenvalue weighted by molar-refractivity contribution is -0.140. The number of likely N-dealkylation sites (N-methyl/N-ethyl adjacent to an activating group) is 1. The summed E-state index contributed by atoms with van der Waals surface area (Å²) in [7, 11) is 3.58. The Labute approximate surface area is 227 Å². The molecule has 1 saturated heterocycles. The third-order valence-corrected chi connectivity index (χ3v) is 10.0. The van der Waals surface area contributed by atoms with Gasteiger partial charge in [-0.2, -0.15) is 0 Å². The quantitative estimate of drug-likeness (QED) is 0.529. The van der Waals surface area contributed by atoms with Crippen molar-refractivity contribution in [1.82, 2.24) is 9.80 Å². The van der Waals surface area contributed by atoms with E-state index in [-0.39, 0.29) is 35.7 Å². The van der Waals surface area contributed by atoms with Gasteiger partial charge < -0.3 is 14.4 Å². The summed E-state index contributed by atoms with van der Waals surface area (Å²) in [6.07, 6.45) is 3.77. The molecule has 1 amide bonds. The number of hydrogen-bond donors (Lipinski definition) is 0. The largest absolute Gasteiger partial charge is 0.493 e. The monoisotopic (exact) mass is 542 g/mol. The molecule has 37 heavy (non-hydrogen) atoms. The van der Waals surface area contributed by atoms with Crippen molar-refractivity contribution in [2.24, 2.45) is 5.92 Å². The maximum atomic E-state index is 13.5. The number of Topliss-reactive ketones (excluding diaryl/α,β-unsaturated/α-hetero) is 1. The van der Waals surface area contributed by atoms with Gasteiger partial charge in [0, 0.05) is 24.1 Å². The van der Waals surface area contributed by atoms with Crippen LogP contribution in [0.3, 0.4) is 0 Å². The van der Waals surface area contributed by atoms with Crippen LogP contribution in [0.15, 0.2) is 30.3 Å². The zero-order valence-corrected chi connectivity index (χ0v) is 22.9. The molecule has 196 valence electrons. The van der Waals surface area contributed by atoms with Gasteiger partial charge in [0.2, 0.25) is 5.91 Å². The standard InChI is InChI=1S/C29H32Cl2N2O4/c1-16(34)15-33-11-10-29-19-6-8-22(32(2)25(35)13-17-4-7-20(30)21(31)12-17)28(29)37-27-24(36-3)9-5-18(26(27)29)14-23(19)33/h4-5,7,9,12,19,22-23,28H,6,8,10-11,13-15H2,1-3H3/t19-,22-,23+,28-,29-/m0/s1. The molecule has 2 aliphatic heterocycles. The minimum absolute atomic E-state index is 0.0337. The van der Waals surface area contributed by atoms with E-state index in [0.29, 0.717) is 28.5 Å². The average Bonchev–Trinajstić information content (AvgIpc) is 3.22. The number of amides is 1. The smallest absolute Gasteiger partial charge is 0.227 e. The second-order valence-electron chi connectivity index (χ2n) is 11.1. The lowest BCUT2D eigenvalue weighted by Crippen LogP contribution is -2.69. The number of benzene rings is 2. The van der Waals surface area contributed by atoms with Crippen LogP contribution in [0.25, 0.3) is 0 Å². The van der Waals surface area contributed by atoms with E-state index in [1.165, 1.54) is 11.1 Å². The van der Waals surface area contributed by atoms with E-state index in [1.807, 2.05) is 24.1 Å². The van der Waals surface area contributed by atoms with Crippen LogP contribution in [0.1, 0.15) is 42.9 Å². The Morgan fingerprint density at radius 2 is 2.00 bits per heavy atom. The van der Waals surface area contributed by atoms with Crippen molar-refractivity contribution in [1.29, 1.82) is 0 Å². The fourth-order valence-electron chi connectivity index (χ4n) is 7.76. The second-order valence-corrected chi connectivity index (χ2v) is 11.9. The molecular weight excluding hydrogens is 511 g/mol. The van der Waals surface area contributed by atoms with E-state index in [4.69, 9.17) is 32.7 Å². The van der Waals surface area contributed by atoms with Gasteiger partial charge in [0.25, 0.3) is 0 Å². The maximum absolute atomic E-state index is 13.5. The number of piperidine rings is 1. The van der Waals surface area contributed by atoms with Gasteiger partial charge in [-0.3, -0.25) is 14.5 Å². The Morgan fingerprint density at radius 3 is 2.73 bits per heavy atom. The Hall–Kier alpha value is -2.28. The zero-order valence-electron chi connectivity index (χ0n) is 21.4. The summed E-state index contributed by atoms with van der Waals surface area (Å²) in [6, 6.07) is 9.77. The fourth-order valence-corrected chi connectivity index (χ4v) is 8.08. The van der Waals surface area contributed by atoms with Gasteiger partial charge in [-0.1, -0.05) is 35.3 Å². The van der Waals surface area contributed by atoms with Gasteiger partial charge in [-0.25, -0.2) is 0 Å². The highest BCUT2D eigenvalue weighted by molar-refractivity contribution is 6.42. The SMILES string of the molecule is COc1ccc2c3c1O[C@H]1[C@@H](N(C)C(=O)Cc4ccc(Cl)c(Cl)c4)CC[C@H]4[C@@H](C2)N(CC(C)=O)CC[C@@]341. The Bertz CT molecular complexity index is 1280. The molecule has 2 fully saturated rings. The molecule has 0 aromatic heterocycles. The fraction of sp³-hybridized carbons (Fsp3) is 0.517. The number of ether oxygens (including phenoxy) is 2. The number of rotatable bonds is 6. The molecule has 2 aromatic carbocycles. The first kappa shape index (κ1) is 25.0. The molecular formula is C29H32Cl2N2O4. The van der Waals surface area contributed by atoms with Crippen molar-refractivity contribution in [3.05, 3.63) is 57.1 Å². The Kier molecular flexibility index (Phi) is 6.21. The molecule has 2 aromatic rings. The Balaban J connectivity index is 1.36. The van der Waals surface area contributed by atoms with Crippen LogP contribution in [0.2, 0.25) is 10.0 Å². The molecule has 4 aliphatic rings. The van der Waals surface area contributed by atoms with Gasteiger partial charge >= 0.3 is 0 Å². The molecule has 2 aliphatic carbocycles. The van der Waals surface area contributed by atoms with E-state index in [2.05, 4.69) is 11.0 Å². The molecule has 1 saturated carbocycles. The number of carbonyl (C=O) groups is 2. The minimum Gasteiger partial charge on any atom is -0.493 e. The molecule has 1 spiro atoms. The highest BCUT2D eigenvalue weighted by Crippen LogP contribution is 2.64. The summed E-state index contributed by atoms with van der Waals surface area (Å²) in [4.78, 5) is 29.9. The van der Waals surface area contributed by atoms with Crippen LogP contribution in [0.4, 0.5) is 0 Å². The molecule has 6 nitrogen and oxygen atoms in total. The van der Waals surface area contributed by atoms with E-state index < -0.39 is 0 Å². The predicted octanol–water partition coefficient (Wildman–Crippen LogP) is 4.70. The van der Waals surface area contributed by atoms with Crippen LogP contribution >= 0.6 is 23.2 Å². The first-order chi connectivity index (χ1) is 17.7. The summed E-state index contributed by atoms with van der Waals surface area (Å²) < 4.78 is 12.6. The summed E-state index contributed by atoms with van der Waals surface area (Å²) in [5.74, 6) is 2.23. The number of carbonyl (C=O) groups excluding carboxylic acids is 2. The molecule has 6 rings (SSSR count). The van der Waals surface area contributed by atoms with Crippen LogP contribution in [-0.4, -0.2) is 66.9 Å². The summed E-state index contributed by atoms with van der Waals surface area (Å²) in [5, 5.41) is 0.933. The summed E-state index contributed by atoms with van der Waals surface area (Å²) in [5.41, 5.74) is 3.23. The number of halogens is 2. The zero-order chi connectivity index (χ0) is 26.1. The topological polar surface area (TPSA) is 59.1 Å². The molecule has 8 heteroatoms. The third kappa shape index (κ3) is 3.78. The maximum Gasteiger partial charge on any atom is 0.227 e. The molecule has 2 heterocycles. The predicted molar refractivity (Wildman–Crippen MR) is 143 cm³/mol. The first-order valence-corrected chi connectivity index (χ1v) is 13.8. The summed E-state index contributed by atoms with van der Waals surface area (Å²) in [6.45, 7) is 3.02. The van der Waals surface area contributed by atoms with E-state index in [0.717, 1.165) is 49.3 Å². The van der Waals surface area contributed by atoms with Gasteiger partial charge in [0.1, 0.15) is 11.9 Å². The van der Waals surface area contributed by atoms with Crippen LogP contribution in [0, 0.1) is 5.92 Å². The van der Waals surface area contributed by atoms with E-state index >= 15 is 0 Å². The molecule has 0 radical (unpaired) electrons. The lowest BCUT2D eigenvalue weighted by atomic mass is 9.51. The molecule has 2 bridgehead atoms. The van der Waals surface area contributed by atoms with Crippen molar-refractivity contribution >= 4 is 34.9 Å². The van der Waals surface area contributed by atoms with E-state index in [1.54, 1.807) is 26.2 Å². The van der Waals surface area contributed by atoms with Crippen LogP contribution in [-0.2, 0) is 27.8 Å². The summed E-state index contributed by atoms with van der Waals surface area (Å²) >= 11 is 12.3. The number of methoxy groups -OCH3 is 1. The highest BCUT2D eigenvalue weighted by Gasteiger charge is 2.66. The average molecular weight is 543 g/mol. The number of ketones is 1. The normalized spacial score (nSPS) is 29.3. The van der Waals surface area contributed by atoms with Gasteiger partial charge in [-0.15, -0.1) is 0 Å². The van der Waals surface area contributed by atoms with Crippen molar-refractivity contribution < 1.29 is 19.1 Å². The van der Waals surface area contributed by atoms with Crippen molar-refractivity contribution in [2.75, 3.05) is 27.2 Å². The number of likely N-dealkylation sites (tertiary alicyclic amines) is 1. The molecule has 0 N–H and O–H groups in total. The van der Waals surface area contributed by atoms with Crippen molar-refractivity contribution in [2.45, 2.75) is 62.6 Å². The van der Waals surface area contributed by atoms with Crippen LogP contribution in [0.5, 0.6) is 11.5 Å².